The minimum atomic E-state index is -0.0304. The van der Waals surface area contributed by atoms with E-state index >= 15 is 0 Å². The molecule has 4 heteroatoms. The largest absolute Gasteiger partial charge is 0.870 e. The maximum atomic E-state index is 12.2. The van der Waals surface area contributed by atoms with Crippen molar-refractivity contribution in [2.24, 2.45) is 5.92 Å². The quantitative estimate of drug-likeness (QED) is 0.734. The van der Waals surface area contributed by atoms with Crippen LogP contribution < -0.4 is 14.6 Å². The highest BCUT2D eigenvalue weighted by Gasteiger charge is 2.42. The van der Waals surface area contributed by atoms with Crippen molar-refractivity contribution in [3.8, 4) is 17.2 Å². The monoisotopic (exact) mass is 367 g/mol. The molecule has 2 atom stereocenters. The van der Waals surface area contributed by atoms with Gasteiger partial charge in [-0.25, -0.2) is 0 Å². The van der Waals surface area contributed by atoms with Crippen molar-refractivity contribution in [1.29, 1.82) is 0 Å². The fourth-order valence-electron chi connectivity index (χ4n) is 4.63. The summed E-state index contributed by atoms with van der Waals surface area (Å²) in [6.07, 6.45) is 4.69. The van der Waals surface area contributed by atoms with E-state index in [0.29, 0.717) is 11.8 Å². The molecule has 4 rings (SSSR count). The number of ether oxygens (including phenoxy) is 2. The van der Waals surface area contributed by atoms with Crippen molar-refractivity contribution in [3.63, 3.8) is 0 Å². The first-order chi connectivity index (χ1) is 13.0. The van der Waals surface area contributed by atoms with Gasteiger partial charge < -0.3 is 19.1 Å². The second-order valence-electron chi connectivity index (χ2n) is 8.35. The van der Waals surface area contributed by atoms with Gasteiger partial charge in [0.25, 0.3) is 0 Å². The Hall–Kier alpha value is -2.20. The van der Waals surface area contributed by atoms with E-state index in [1.54, 1.807) is 26.4 Å². The number of hydrogen-bond donors (Lipinski definition) is 0. The van der Waals surface area contributed by atoms with Crippen LogP contribution in [0.15, 0.2) is 36.4 Å². The molecule has 0 saturated heterocycles. The van der Waals surface area contributed by atoms with Gasteiger partial charge in [-0.1, -0.05) is 17.9 Å². The first-order valence-electron chi connectivity index (χ1n) is 9.87. The van der Waals surface area contributed by atoms with Crippen molar-refractivity contribution in [1.82, 2.24) is 0 Å². The molecule has 144 valence electrons. The third-order valence-corrected chi connectivity index (χ3v) is 6.38. The number of quaternary nitrogens is 1. The minimum absolute atomic E-state index is 0.0304. The van der Waals surface area contributed by atoms with E-state index in [1.807, 2.05) is 6.07 Å². The summed E-state index contributed by atoms with van der Waals surface area (Å²) in [6.45, 7) is 2.37. The van der Waals surface area contributed by atoms with Gasteiger partial charge in [0, 0.05) is 24.3 Å². The highest BCUT2D eigenvalue weighted by Crippen LogP contribution is 2.43. The zero-order valence-corrected chi connectivity index (χ0v) is 16.5. The lowest BCUT2D eigenvalue weighted by Gasteiger charge is -2.46. The van der Waals surface area contributed by atoms with Crippen LogP contribution in [0.2, 0.25) is 0 Å². The molecule has 27 heavy (non-hydrogen) atoms. The molecule has 0 spiro atoms. The van der Waals surface area contributed by atoms with E-state index in [9.17, 15) is 5.11 Å². The SMILES string of the molecule is COc1ccc2c(c1)CC[N@+](C)(CC1CC1)[C@H]2Cc1ccc(OC)c([O-])c1. The molecule has 1 heterocycles. The van der Waals surface area contributed by atoms with Crippen LogP contribution in [0.25, 0.3) is 0 Å². The number of benzene rings is 2. The Morgan fingerprint density at radius 1 is 1.07 bits per heavy atom. The van der Waals surface area contributed by atoms with Crippen molar-refractivity contribution in [3.05, 3.63) is 53.1 Å². The molecule has 0 aromatic heterocycles. The van der Waals surface area contributed by atoms with Crippen LogP contribution in [0, 0.1) is 5.92 Å². The van der Waals surface area contributed by atoms with E-state index in [4.69, 9.17) is 9.47 Å². The van der Waals surface area contributed by atoms with Gasteiger partial charge >= 0.3 is 0 Å². The predicted octanol–water partition coefficient (Wildman–Crippen LogP) is 3.47. The smallest absolute Gasteiger partial charge is 0.119 e. The molecule has 1 saturated carbocycles. The second kappa shape index (κ2) is 7.08. The highest BCUT2D eigenvalue weighted by molar-refractivity contribution is 5.43. The number of fused-ring (bicyclic) bond motifs is 1. The summed E-state index contributed by atoms with van der Waals surface area (Å²) in [5.41, 5.74) is 3.89. The summed E-state index contributed by atoms with van der Waals surface area (Å²) in [7, 11) is 5.67. The zero-order chi connectivity index (χ0) is 19.0. The lowest BCUT2D eigenvalue weighted by Crippen LogP contribution is -2.53. The van der Waals surface area contributed by atoms with Gasteiger partial charge in [-0.3, -0.25) is 0 Å². The third-order valence-electron chi connectivity index (χ3n) is 6.38. The summed E-state index contributed by atoms with van der Waals surface area (Å²) in [6, 6.07) is 12.5. The lowest BCUT2D eigenvalue weighted by molar-refractivity contribution is -0.943. The van der Waals surface area contributed by atoms with Gasteiger partial charge in [0.2, 0.25) is 0 Å². The number of methoxy groups -OCH3 is 2. The third kappa shape index (κ3) is 3.63. The first-order valence-corrected chi connectivity index (χ1v) is 9.87. The molecule has 1 aliphatic heterocycles. The Morgan fingerprint density at radius 3 is 2.56 bits per heavy atom. The molecule has 0 radical (unpaired) electrons. The maximum absolute atomic E-state index is 12.2. The van der Waals surface area contributed by atoms with Crippen LogP contribution in [-0.4, -0.2) is 38.8 Å². The van der Waals surface area contributed by atoms with Crippen LogP contribution in [0.5, 0.6) is 17.2 Å². The van der Waals surface area contributed by atoms with Gasteiger partial charge in [0.15, 0.2) is 0 Å². The first kappa shape index (κ1) is 18.2. The highest BCUT2D eigenvalue weighted by atomic mass is 16.5. The Bertz CT molecular complexity index is 830. The van der Waals surface area contributed by atoms with Crippen LogP contribution >= 0.6 is 0 Å². The lowest BCUT2D eigenvalue weighted by atomic mass is 9.86. The number of nitrogens with zero attached hydrogens (tertiary/aromatic N) is 1. The molecule has 0 unspecified atom stereocenters. The maximum Gasteiger partial charge on any atom is 0.119 e. The average molecular weight is 367 g/mol. The summed E-state index contributed by atoms with van der Waals surface area (Å²) in [4.78, 5) is 0. The normalized spacial score (nSPS) is 24.3. The molecule has 0 N–H and O–H groups in total. The van der Waals surface area contributed by atoms with E-state index in [0.717, 1.165) is 41.1 Å². The van der Waals surface area contributed by atoms with E-state index in [-0.39, 0.29) is 5.75 Å². The standard InChI is InChI=1S/C23H29NO3/c1-24(15-16-4-5-16)11-10-18-14-19(26-2)7-8-20(18)21(24)12-17-6-9-23(27-3)22(25)13-17/h6-9,13-14,16,21H,4-5,10-12,15H2,1-3H3/t21-,24+/m0/s1. The van der Waals surface area contributed by atoms with Crippen molar-refractivity contribution in [2.75, 3.05) is 34.4 Å². The fraction of sp³-hybridized carbons (Fsp3) is 0.478. The Kier molecular flexibility index (Phi) is 4.77. The average Bonchev–Trinajstić information content (AvgIpc) is 3.47. The number of likely N-dealkylation sites (N-methyl/N-ethyl adjacent to an activating group) is 1. The summed E-state index contributed by atoms with van der Waals surface area (Å²) in [5, 5.41) is 12.2. The molecule has 2 aromatic carbocycles. The van der Waals surface area contributed by atoms with E-state index in [2.05, 4.69) is 25.2 Å². The van der Waals surface area contributed by atoms with Gasteiger partial charge in [0.1, 0.15) is 17.5 Å². The molecule has 1 aliphatic carbocycles. The molecule has 4 nitrogen and oxygen atoms in total. The van der Waals surface area contributed by atoms with Crippen molar-refractivity contribution >= 4 is 0 Å². The molecular weight excluding hydrogens is 338 g/mol. The molecule has 2 aromatic rings. The van der Waals surface area contributed by atoms with Crippen molar-refractivity contribution in [2.45, 2.75) is 31.7 Å². The molecule has 2 aliphatic rings. The van der Waals surface area contributed by atoms with Gasteiger partial charge in [0.05, 0.1) is 34.4 Å². The fourth-order valence-corrected chi connectivity index (χ4v) is 4.63. The van der Waals surface area contributed by atoms with E-state index in [1.165, 1.54) is 30.5 Å². The number of rotatable bonds is 6. The van der Waals surface area contributed by atoms with Crippen LogP contribution in [0.4, 0.5) is 0 Å². The number of hydrogen-bond acceptors (Lipinski definition) is 3. The molecule has 0 bridgehead atoms. The van der Waals surface area contributed by atoms with Crippen LogP contribution in [0.3, 0.4) is 0 Å². The summed E-state index contributed by atoms with van der Waals surface area (Å²) in [5.74, 6) is 2.18. The Morgan fingerprint density at radius 2 is 1.89 bits per heavy atom. The molecule has 0 amide bonds. The topological polar surface area (TPSA) is 41.5 Å². The van der Waals surface area contributed by atoms with E-state index < -0.39 is 0 Å². The Labute approximate surface area is 161 Å². The molecular formula is C23H29NO3. The van der Waals surface area contributed by atoms with Crippen LogP contribution in [0.1, 0.15) is 35.6 Å². The predicted molar refractivity (Wildman–Crippen MR) is 104 cm³/mol. The summed E-state index contributed by atoms with van der Waals surface area (Å²) < 4.78 is 11.6. The van der Waals surface area contributed by atoms with Gasteiger partial charge in [-0.15, -0.1) is 0 Å². The molecule has 1 fully saturated rings. The second-order valence-corrected chi connectivity index (χ2v) is 8.35. The minimum Gasteiger partial charge on any atom is -0.870 e. The van der Waals surface area contributed by atoms with Crippen molar-refractivity contribution < 1.29 is 19.1 Å². The zero-order valence-electron chi connectivity index (χ0n) is 16.5. The van der Waals surface area contributed by atoms with Crippen LogP contribution in [-0.2, 0) is 12.8 Å². The van der Waals surface area contributed by atoms with Gasteiger partial charge in [-0.2, -0.15) is 0 Å². The Balaban J connectivity index is 1.69. The van der Waals surface area contributed by atoms with Gasteiger partial charge in [-0.05, 0) is 48.2 Å². The summed E-state index contributed by atoms with van der Waals surface area (Å²) >= 11 is 0.